The van der Waals surface area contributed by atoms with Crippen LogP contribution < -0.4 is 0 Å². The molecule has 0 bridgehead atoms. The fraction of sp³-hybridized carbons (Fsp3) is 0.792. The number of aliphatic hydroxyl groups is 2. The highest BCUT2D eigenvalue weighted by molar-refractivity contribution is 5.54. The number of aliphatic hydroxyl groups excluding tert-OH is 2. The van der Waals surface area contributed by atoms with Gasteiger partial charge in [-0.1, -0.05) is 19.9 Å². The molecule has 4 aliphatic carbocycles. The predicted molar refractivity (Wildman–Crippen MR) is 110 cm³/mol. The molecular formula is C24H36N2O2. The van der Waals surface area contributed by atoms with Crippen LogP contribution in [0.1, 0.15) is 70.8 Å². The standard InChI is InChI=1S/C24H36N2O2/c1-23-8-6-18(27)12-17(23)4-5-19-20(23)7-9-24(2)21(19)11-16(22(24)28)10-15-13-25-26(3)14-15/h10,13-14,17-22,27-28H,4-9,11-12H2,1-3H3/b16-10-/t17-,18+,19+,20-,21-,22-,23-,24-/m0/s1. The molecule has 4 fully saturated rings. The van der Waals surface area contributed by atoms with Gasteiger partial charge in [-0.15, -0.1) is 0 Å². The molecular weight excluding hydrogens is 348 g/mol. The van der Waals surface area contributed by atoms with Gasteiger partial charge in [-0.25, -0.2) is 0 Å². The van der Waals surface area contributed by atoms with Gasteiger partial charge in [0.1, 0.15) is 0 Å². The van der Waals surface area contributed by atoms with E-state index >= 15 is 0 Å². The van der Waals surface area contributed by atoms with Gasteiger partial charge in [-0.3, -0.25) is 4.68 Å². The van der Waals surface area contributed by atoms with E-state index in [-0.39, 0.29) is 17.6 Å². The third kappa shape index (κ3) is 2.67. The number of aromatic nitrogens is 2. The summed E-state index contributed by atoms with van der Waals surface area (Å²) in [4.78, 5) is 0. The van der Waals surface area contributed by atoms with Gasteiger partial charge < -0.3 is 10.2 Å². The van der Waals surface area contributed by atoms with Crippen molar-refractivity contribution in [2.24, 2.45) is 41.5 Å². The van der Waals surface area contributed by atoms with E-state index in [1.54, 1.807) is 0 Å². The predicted octanol–water partition coefficient (Wildman–Crippen LogP) is 4.18. The van der Waals surface area contributed by atoms with Gasteiger partial charge in [-0.2, -0.15) is 5.10 Å². The van der Waals surface area contributed by atoms with E-state index in [2.05, 4.69) is 25.0 Å². The highest BCUT2D eigenvalue weighted by atomic mass is 16.3. The molecule has 4 nitrogen and oxygen atoms in total. The molecule has 0 aromatic carbocycles. The van der Waals surface area contributed by atoms with Crippen molar-refractivity contribution in [3.05, 3.63) is 23.5 Å². The van der Waals surface area contributed by atoms with Crippen molar-refractivity contribution in [1.82, 2.24) is 9.78 Å². The molecule has 0 unspecified atom stereocenters. The van der Waals surface area contributed by atoms with Crippen LogP contribution in [0.2, 0.25) is 0 Å². The van der Waals surface area contributed by atoms with E-state index in [9.17, 15) is 10.2 Å². The Balaban J connectivity index is 1.44. The first-order valence-electron chi connectivity index (χ1n) is 11.4. The Kier molecular flexibility index (Phi) is 4.34. The quantitative estimate of drug-likeness (QED) is 0.764. The first-order valence-corrected chi connectivity index (χ1v) is 11.4. The minimum absolute atomic E-state index is 0.0204. The molecule has 4 aliphatic rings. The van der Waals surface area contributed by atoms with E-state index in [0.29, 0.717) is 17.3 Å². The molecule has 0 aliphatic heterocycles. The van der Waals surface area contributed by atoms with E-state index in [1.807, 2.05) is 24.1 Å². The second kappa shape index (κ2) is 6.43. The number of nitrogens with zero attached hydrogens (tertiary/aromatic N) is 2. The molecule has 1 aromatic heterocycles. The summed E-state index contributed by atoms with van der Waals surface area (Å²) in [6, 6.07) is 0. The molecule has 0 amide bonds. The Hall–Kier alpha value is -1.13. The van der Waals surface area contributed by atoms with Crippen LogP contribution in [0.5, 0.6) is 0 Å². The molecule has 1 aromatic rings. The second-order valence-electron chi connectivity index (χ2n) is 10.9. The zero-order valence-corrected chi connectivity index (χ0v) is 17.6. The molecule has 154 valence electrons. The third-order valence-electron chi connectivity index (χ3n) is 9.58. The first kappa shape index (κ1) is 18.9. The highest BCUT2D eigenvalue weighted by Crippen LogP contribution is 2.67. The Morgan fingerprint density at radius 2 is 1.86 bits per heavy atom. The van der Waals surface area contributed by atoms with Crippen molar-refractivity contribution in [3.8, 4) is 0 Å². The molecule has 8 atom stereocenters. The minimum Gasteiger partial charge on any atom is -0.393 e. The van der Waals surface area contributed by atoms with Gasteiger partial charge in [0.2, 0.25) is 0 Å². The maximum Gasteiger partial charge on any atom is 0.0809 e. The lowest BCUT2D eigenvalue weighted by atomic mass is 9.45. The summed E-state index contributed by atoms with van der Waals surface area (Å²) in [5.74, 6) is 2.78. The number of fused-ring (bicyclic) bond motifs is 5. The fourth-order valence-electron chi connectivity index (χ4n) is 7.96. The number of hydrogen-bond donors (Lipinski definition) is 2. The summed E-state index contributed by atoms with van der Waals surface area (Å²) in [7, 11) is 1.94. The van der Waals surface area contributed by atoms with Crippen molar-refractivity contribution in [2.75, 3.05) is 0 Å². The fourth-order valence-corrected chi connectivity index (χ4v) is 7.96. The van der Waals surface area contributed by atoms with Gasteiger partial charge >= 0.3 is 0 Å². The smallest absolute Gasteiger partial charge is 0.0809 e. The molecule has 28 heavy (non-hydrogen) atoms. The molecule has 0 saturated heterocycles. The largest absolute Gasteiger partial charge is 0.393 e. The zero-order valence-electron chi connectivity index (χ0n) is 17.6. The molecule has 0 spiro atoms. The number of rotatable bonds is 1. The van der Waals surface area contributed by atoms with Crippen molar-refractivity contribution < 1.29 is 10.2 Å². The number of hydrogen-bond acceptors (Lipinski definition) is 3. The lowest BCUT2D eigenvalue weighted by molar-refractivity contribution is -0.133. The molecule has 4 saturated carbocycles. The summed E-state index contributed by atoms with van der Waals surface area (Å²) in [6.07, 6.45) is 14.9. The van der Waals surface area contributed by atoms with Crippen LogP contribution in [0.4, 0.5) is 0 Å². The van der Waals surface area contributed by atoms with E-state index in [1.165, 1.54) is 31.3 Å². The van der Waals surface area contributed by atoms with Crippen LogP contribution in [-0.4, -0.2) is 32.2 Å². The topological polar surface area (TPSA) is 58.3 Å². The van der Waals surface area contributed by atoms with Crippen LogP contribution in [0.25, 0.3) is 6.08 Å². The summed E-state index contributed by atoms with van der Waals surface area (Å²) in [6.45, 7) is 4.88. The van der Waals surface area contributed by atoms with Crippen LogP contribution in [-0.2, 0) is 7.05 Å². The summed E-state index contributed by atoms with van der Waals surface area (Å²) in [5.41, 5.74) is 2.73. The highest BCUT2D eigenvalue weighted by Gasteiger charge is 2.61. The molecule has 5 rings (SSSR count). The lowest BCUT2D eigenvalue weighted by Crippen LogP contribution is -2.54. The molecule has 1 heterocycles. The maximum atomic E-state index is 11.3. The Morgan fingerprint density at radius 1 is 1.07 bits per heavy atom. The van der Waals surface area contributed by atoms with Gasteiger partial charge in [0.05, 0.1) is 18.4 Å². The van der Waals surface area contributed by atoms with E-state index in [0.717, 1.165) is 43.1 Å². The summed E-state index contributed by atoms with van der Waals surface area (Å²) in [5, 5.41) is 25.8. The van der Waals surface area contributed by atoms with Crippen LogP contribution in [0.3, 0.4) is 0 Å². The van der Waals surface area contributed by atoms with Gasteiger partial charge in [0.25, 0.3) is 0 Å². The first-order chi connectivity index (χ1) is 13.3. The lowest BCUT2D eigenvalue weighted by Gasteiger charge is -2.60. The molecule has 2 N–H and O–H groups in total. The van der Waals surface area contributed by atoms with Crippen LogP contribution >= 0.6 is 0 Å². The van der Waals surface area contributed by atoms with Gasteiger partial charge in [0.15, 0.2) is 0 Å². The Labute approximate surface area is 169 Å². The monoisotopic (exact) mass is 384 g/mol. The summed E-state index contributed by atoms with van der Waals surface area (Å²) < 4.78 is 1.83. The zero-order chi connectivity index (χ0) is 19.7. The third-order valence-corrected chi connectivity index (χ3v) is 9.58. The molecule has 0 radical (unpaired) electrons. The van der Waals surface area contributed by atoms with Crippen molar-refractivity contribution in [1.29, 1.82) is 0 Å². The second-order valence-corrected chi connectivity index (χ2v) is 10.9. The van der Waals surface area contributed by atoms with Crippen LogP contribution in [0, 0.1) is 34.5 Å². The average molecular weight is 385 g/mol. The van der Waals surface area contributed by atoms with Crippen molar-refractivity contribution >= 4 is 6.08 Å². The number of aryl methyl sites for hydroxylation is 1. The minimum atomic E-state index is -0.322. The van der Waals surface area contributed by atoms with Crippen LogP contribution in [0.15, 0.2) is 18.0 Å². The Bertz CT molecular complexity index is 785. The maximum absolute atomic E-state index is 11.3. The molecule has 4 heteroatoms. The van der Waals surface area contributed by atoms with E-state index in [4.69, 9.17) is 0 Å². The van der Waals surface area contributed by atoms with Crippen molar-refractivity contribution in [3.63, 3.8) is 0 Å². The van der Waals surface area contributed by atoms with Gasteiger partial charge in [0, 0.05) is 24.2 Å². The Morgan fingerprint density at radius 3 is 2.61 bits per heavy atom. The average Bonchev–Trinajstić information content (AvgIpc) is 3.18. The van der Waals surface area contributed by atoms with Gasteiger partial charge in [-0.05, 0) is 86.0 Å². The SMILES string of the molecule is Cn1cc(/C=C2/C[C@H]3[C@@H]4CC[C@H]5C[C@H](O)CC[C@]5(C)[C@H]4CC[C@]3(C)[C@H]2O)cn1. The summed E-state index contributed by atoms with van der Waals surface area (Å²) >= 11 is 0. The normalized spacial score (nSPS) is 49.5. The van der Waals surface area contributed by atoms with E-state index < -0.39 is 0 Å². The van der Waals surface area contributed by atoms with Crippen molar-refractivity contribution in [2.45, 2.75) is 77.4 Å².